The van der Waals surface area contributed by atoms with Crippen molar-refractivity contribution in [1.29, 1.82) is 0 Å². The highest BCUT2D eigenvalue weighted by molar-refractivity contribution is 5.67. The summed E-state index contributed by atoms with van der Waals surface area (Å²) in [6.45, 7) is 0.793. The van der Waals surface area contributed by atoms with E-state index < -0.39 is 17.7 Å². The van der Waals surface area contributed by atoms with E-state index in [1.807, 2.05) is 0 Å². The molecule has 1 heterocycles. The van der Waals surface area contributed by atoms with E-state index in [0.717, 1.165) is 12.8 Å². The van der Waals surface area contributed by atoms with Crippen LogP contribution in [0.3, 0.4) is 0 Å². The van der Waals surface area contributed by atoms with E-state index in [2.05, 4.69) is 0 Å². The molecule has 88 valence electrons. The summed E-state index contributed by atoms with van der Waals surface area (Å²) in [5.74, 6) is -1.02. The van der Waals surface area contributed by atoms with Gasteiger partial charge in [0.05, 0.1) is 19.1 Å². The van der Waals surface area contributed by atoms with E-state index in [1.54, 1.807) is 0 Å². The Hall–Kier alpha value is -0.650. The lowest BCUT2D eigenvalue weighted by Gasteiger charge is -2.39. The Balaban J connectivity index is 2.65. The number of carboxylic acid groups (broad SMARTS) is 1. The zero-order valence-electron chi connectivity index (χ0n) is 8.94. The zero-order valence-corrected chi connectivity index (χ0v) is 8.94. The van der Waals surface area contributed by atoms with Gasteiger partial charge in [0.1, 0.15) is 5.60 Å². The number of hydrogen-bond donors (Lipinski definition) is 2. The number of methoxy groups -OCH3 is 1. The van der Waals surface area contributed by atoms with Crippen LogP contribution in [0.1, 0.15) is 25.7 Å². The number of hydrogen-bond acceptors (Lipinski definition) is 4. The first kappa shape index (κ1) is 12.4. The molecule has 0 aromatic heterocycles. The molecule has 2 N–H and O–H groups in total. The molecule has 1 aliphatic rings. The second kappa shape index (κ2) is 5.44. The molecule has 15 heavy (non-hydrogen) atoms. The molecule has 0 radical (unpaired) electrons. The third-order valence-electron chi connectivity index (χ3n) is 2.75. The summed E-state index contributed by atoms with van der Waals surface area (Å²) in [6, 6.07) is 0. The fourth-order valence-corrected chi connectivity index (χ4v) is 1.94. The van der Waals surface area contributed by atoms with Crippen LogP contribution < -0.4 is 0 Å². The molecular formula is C10H18O5. The quantitative estimate of drug-likeness (QED) is 0.699. The molecule has 0 bridgehead atoms. The summed E-state index contributed by atoms with van der Waals surface area (Å²) in [5, 5.41) is 18.5. The molecule has 2 atom stereocenters. The average molecular weight is 218 g/mol. The predicted octanol–water partition coefficient (Wildman–Crippen LogP) is 0.408. The molecule has 1 fully saturated rings. The van der Waals surface area contributed by atoms with Gasteiger partial charge >= 0.3 is 5.97 Å². The molecule has 0 saturated carbocycles. The molecule has 0 aromatic carbocycles. The third kappa shape index (κ3) is 3.15. The molecular weight excluding hydrogens is 200 g/mol. The molecule has 1 unspecified atom stereocenters. The van der Waals surface area contributed by atoms with Gasteiger partial charge in [0.2, 0.25) is 0 Å². The van der Waals surface area contributed by atoms with Crippen molar-refractivity contribution in [2.75, 3.05) is 20.3 Å². The molecule has 0 amide bonds. The van der Waals surface area contributed by atoms with E-state index in [1.165, 1.54) is 7.11 Å². The summed E-state index contributed by atoms with van der Waals surface area (Å²) in [5.41, 5.74) is -0.828. The number of carbonyl (C=O) groups is 1. The van der Waals surface area contributed by atoms with Crippen LogP contribution in [0.25, 0.3) is 0 Å². The van der Waals surface area contributed by atoms with Crippen molar-refractivity contribution >= 4 is 5.97 Å². The van der Waals surface area contributed by atoms with E-state index in [9.17, 15) is 9.90 Å². The Labute approximate surface area is 89.0 Å². The SMILES string of the molecule is COCC1([C@H](O)CC(=O)O)CCCCO1. The number of carboxylic acids is 1. The van der Waals surface area contributed by atoms with Crippen molar-refractivity contribution in [3.05, 3.63) is 0 Å². The first-order valence-corrected chi connectivity index (χ1v) is 5.13. The summed E-state index contributed by atoms with van der Waals surface area (Å²) < 4.78 is 10.5. The fraction of sp³-hybridized carbons (Fsp3) is 0.900. The van der Waals surface area contributed by atoms with Gasteiger partial charge in [0.25, 0.3) is 0 Å². The number of ether oxygens (including phenoxy) is 2. The average Bonchev–Trinajstić information content (AvgIpc) is 2.18. The number of aliphatic hydroxyl groups excluding tert-OH is 1. The standard InChI is InChI=1S/C10H18O5/c1-14-7-10(4-2-3-5-15-10)8(11)6-9(12)13/h8,11H,2-7H2,1H3,(H,12,13)/t8-,10?/m1/s1. The minimum absolute atomic E-state index is 0.238. The summed E-state index contributed by atoms with van der Waals surface area (Å²) >= 11 is 0. The Morgan fingerprint density at radius 3 is 2.80 bits per heavy atom. The van der Waals surface area contributed by atoms with Crippen molar-refractivity contribution in [2.24, 2.45) is 0 Å². The predicted molar refractivity (Wildman–Crippen MR) is 52.7 cm³/mol. The van der Waals surface area contributed by atoms with Crippen LogP contribution in [-0.2, 0) is 14.3 Å². The Morgan fingerprint density at radius 2 is 2.33 bits per heavy atom. The molecule has 5 nitrogen and oxygen atoms in total. The normalized spacial score (nSPS) is 28.7. The smallest absolute Gasteiger partial charge is 0.306 e. The van der Waals surface area contributed by atoms with Crippen LogP contribution in [-0.4, -0.2) is 48.2 Å². The summed E-state index contributed by atoms with van der Waals surface area (Å²) in [6.07, 6.45) is 1.22. The maximum absolute atomic E-state index is 10.5. The van der Waals surface area contributed by atoms with Crippen LogP contribution in [0.5, 0.6) is 0 Å². The Kier molecular flexibility index (Phi) is 4.50. The van der Waals surface area contributed by atoms with Crippen molar-refractivity contribution in [2.45, 2.75) is 37.4 Å². The molecule has 0 spiro atoms. The van der Waals surface area contributed by atoms with Gasteiger partial charge in [-0.3, -0.25) is 4.79 Å². The molecule has 5 heteroatoms. The number of rotatable bonds is 5. The highest BCUT2D eigenvalue weighted by Crippen LogP contribution is 2.30. The van der Waals surface area contributed by atoms with Gasteiger partial charge < -0.3 is 19.7 Å². The first-order valence-electron chi connectivity index (χ1n) is 5.13. The lowest BCUT2D eigenvalue weighted by molar-refractivity contribution is -0.181. The summed E-state index contributed by atoms with van der Waals surface area (Å²) in [7, 11) is 1.52. The van der Waals surface area contributed by atoms with E-state index >= 15 is 0 Å². The maximum Gasteiger partial charge on any atom is 0.306 e. The van der Waals surface area contributed by atoms with Crippen molar-refractivity contribution in [1.82, 2.24) is 0 Å². The van der Waals surface area contributed by atoms with Crippen LogP contribution in [0.2, 0.25) is 0 Å². The highest BCUT2D eigenvalue weighted by atomic mass is 16.5. The second-order valence-electron chi connectivity index (χ2n) is 3.92. The van der Waals surface area contributed by atoms with E-state index in [0.29, 0.717) is 13.0 Å². The van der Waals surface area contributed by atoms with Crippen molar-refractivity contribution in [3.8, 4) is 0 Å². The van der Waals surface area contributed by atoms with Gasteiger partial charge in [-0.05, 0) is 19.3 Å². The highest BCUT2D eigenvalue weighted by Gasteiger charge is 2.41. The second-order valence-corrected chi connectivity index (χ2v) is 3.92. The van der Waals surface area contributed by atoms with Crippen LogP contribution in [0, 0.1) is 0 Å². The van der Waals surface area contributed by atoms with Gasteiger partial charge in [0, 0.05) is 13.7 Å². The minimum atomic E-state index is -1.02. The van der Waals surface area contributed by atoms with Gasteiger partial charge in [-0.25, -0.2) is 0 Å². The molecule has 0 aromatic rings. The zero-order chi connectivity index (χ0) is 11.3. The van der Waals surface area contributed by atoms with Crippen LogP contribution >= 0.6 is 0 Å². The number of aliphatic hydroxyl groups is 1. The Bertz CT molecular complexity index is 204. The third-order valence-corrected chi connectivity index (χ3v) is 2.75. The Morgan fingerprint density at radius 1 is 1.60 bits per heavy atom. The van der Waals surface area contributed by atoms with Crippen molar-refractivity contribution in [3.63, 3.8) is 0 Å². The minimum Gasteiger partial charge on any atom is -0.481 e. The molecule has 1 aliphatic heterocycles. The first-order chi connectivity index (χ1) is 7.10. The molecule has 1 rings (SSSR count). The van der Waals surface area contributed by atoms with Gasteiger partial charge in [-0.2, -0.15) is 0 Å². The lowest BCUT2D eigenvalue weighted by atomic mass is 9.87. The van der Waals surface area contributed by atoms with Gasteiger partial charge in [0.15, 0.2) is 0 Å². The van der Waals surface area contributed by atoms with Crippen LogP contribution in [0.4, 0.5) is 0 Å². The van der Waals surface area contributed by atoms with E-state index in [-0.39, 0.29) is 13.0 Å². The largest absolute Gasteiger partial charge is 0.481 e. The fourth-order valence-electron chi connectivity index (χ4n) is 1.94. The monoisotopic (exact) mass is 218 g/mol. The lowest BCUT2D eigenvalue weighted by Crippen LogP contribution is -2.51. The van der Waals surface area contributed by atoms with Crippen molar-refractivity contribution < 1.29 is 24.5 Å². The summed E-state index contributed by atoms with van der Waals surface area (Å²) in [4.78, 5) is 10.5. The van der Waals surface area contributed by atoms with Gasteiger partial charge in [-0.15, -0.1) is 0 Å². The van der Waals surface area contributed by atoms with Gasteiger partial charge in [-0.1, -0.05) is 0 Å². The molecule has 1 saturated heterocycles. The number of aliphatic carboxylic acids is 1. The van der Waals surface area contributed by atoms with E-state index in [4.69, 9.17) is 14.6 Å². The topological polar surface area (TPSA) is 76.0 Å². The molecule has 0 aliphatic carbocycles. The van der Waals surface area contributed by atoms with Crippen LogP contribution in [0.15, 0.2) is 0 Å². The maximum atomic E-state index is 10.5.